The van der Waals surface area contributed by atoms with Crippen molar-refractivity contribution in [3.63, 3.8) is 0 Å². The van der Waals surface area contributed by atoms with Crippen LogP contribution in [0.2, 0.25) is 5.02 Å². The lowest BCUT2D eigenvalue weighted by atomic mass is 9.98. The highest BCUT2D eigenvalue weighted by Crippen LogP contribution is 2.23. The molecule has 2 aromatic rings. The summed E-state index contributed by atoms with van der Waals surface area (Å²) >= 11 is 9.68. The van der Waals surface area contributed by atoms with Crippen molar-refractivity contribution in [1.82, 2.24) is 5.32 Å². The smallest absolute Gasteiger partial charge is 0.126 e. The third-order valence-electron chi connectivity index (χ3n) is 3.40. The van der Waals surface area contributed by atoms with Crippen LogP contribution in [0.3, 0.4) is 0 Å². The summed E-state index contributed by atoms with van der Waals surface area (Å²) in [6.07, 6.45) is 1.42. The molecule has 0 spiro atoms. The van der Waals surface area contributed by atoms with Crippen LogP contribution >= 0.6 is 27.5 Å². The Labute approximate surface area is 138 Å². The fourth-order valence-electron chi connectivity index (χ4n) is 2.39. The van der Waals surface area contributed by atoms with E-state index in [0.717, 1.165) is 33.6 Å². The molecule has 2 aromatic carbocycles. The van der Waals surface area contributed by atoms with Gasteiger partial charge in [0, 0.05) is 15.5 Å². The highest BCUT2D eigenvalue weighted by Gasteiger charge is 2.14. The molecule has 1 atom stereocenters. The van der Waals surface area contributed by atoms with Crippen molar-refractivity contribution in [1.29, 1.82) is 0 Å². The Bertz CT molecular complexity index is 603. The summed E-state index contributed by atoms with van der Waals surface area (Å²) in [7, 11) is 0. The second-order valence-electron chi connectivity index (χ2n) is 4.99. The van der Waals surface area contributed by atoms with Crippen molar-refractivity contribution in [3.05, 3.63) is 68.9 Å². The SMILES string of the molecule is CCNC(Cc1ccccc1F)Cc1ccc(Br)cc1Cl. The molecule has 2 rings (SSSR count). The number of hydrogen-bond acceptors (Lipinski definition) is 1. The summed E-state index contributed by atoms with van der Waals surface area (Å²) in [6, 6.07) is 13.0. The first-order valence-electron chi connectivity index (χ1n) is 7.01. The van der Waals surface area contributed by atoms with Gasteiger partial charge < -0.3 is 5.32 Å². The summed E-state index contributed by atoms with van der Waals surface area (Å²) < 4.78 is 14.8. The van der Waals surface area contributed by atoms with Crippen molar-refractivity contribution < 1.29 is 4.39 Å². The van der Waals surface area contributed by atoms with E-state index in [4.69, 9.17) is 11.6 Å². The van der Waals surface area contributed by atoms with Gasteiger partial charge in [-0.25, -0.2) is 4.39 Å². The third kappa shape index (κ3) is 4.80. The molecular formula is C17H18BrClFN. The first-order chi connectivity index (χ1) is 10.1. The topological polar surface area (TPSA) is 12.0 Å². The number of likely N-dealkylation sites (N-methyl/N-ethyl adjacent to an activating group) is 1. The Morgan fingerprint density at radius 1 is 1.14 bits per heavy atom. The molecule has 21 heavy (non-hydrogen) atoms. The highest BCUT2D eigenvalue weighted by molar-refractivity contribution is 9.10. The summed E-state index contributed by atoms with van der Waals surface area (Å²) in [5.74, 6) is -0.151. The molecule has 4 heteroatoms. The monoisotopic (exact) mass is 369 g/mol. The van der Waals surface area contributed by atoms with Crippen LogP contribution in [0.25, 0.3) is 0 Å². The lowest BCUT2D eigenvalue weighted by molar-refractivity contribution is 0.506. The minimum Gasteiger partial charge on any atom is -0.314 e. The number of hydrogen-bond donors (Lipinski definition) is 1. The van der Waals surface area contributed by atoms with Crippen molar-refractivity contribution in [3.8, 4) is 0 Å². The predicted octanol–water partition coefficient (Wildman–Crippen LogP) is 5.00. The molecule has 0 amide bonds. The maximum absolute atomic E-state index is 13.8. The molecule has 0 aromatic heterocycles. The standard InChI is InChI=1S/C17H18BrClFN/c1-2-21-15(10-13-5-3-4-6-17(13)20)9-12-7-8-14(18)11-16(12)19/h3-8,11,15,21H,2,9-10H2,1H3. The summed E-state index contributed by atoms with van der Waals surface area (Å²) in [5.41, 5.74) is 1.80. The fourth-order valence-corrected chi connectivity index (χ4v) is 3.14. The molecule has 0 bridgehead atoms. The van der Waals surface area contributed by atoms with Gasteiger partial charge in [0.1, 0.15) is 5.82 Å². The van der Waals surface area contributed by atoms with Gasteiger partial charge in [0.2, 0.25) is 0 Å². The van der Waals surface area contributed by atoms with E-state index in [2.05, 4.69) is 28.2 Å². The number of halogens is 3. The van der Waals surface area contributed by atoms with E-state index in [1.54, 1.807) is 6.07 Å². The van der Waals surface area contributed by atoms with Gasteiger partial charge >= 0.3 is 0 Å². The molecule has 0 heterocycles. The lowest BCUT2D eigenvalue weighted by Crippen LogP contribution is -2.33. The van der Waals surface area contributed by atoms with Gasteiger partial charge in [0.15, 0.2) is 0 Å². The van der Waals surface area contributed by atoms with E-state index in [-0.39, 0.29) is 11.9 Å². The van der Waals surface area contributed by atoms with Crippen molar-refractivity contribution in [2.75, 3.05) is 6.54 Å². The van der Waals surface area contributed by atoms with Crippen LogP contribution in [0.5, 0.6) is 0 Å². The van der Waals surface area contributed by atoms with Crippen LogP contribution in [0.15, 0.2) is 46.9 Å². The van der Waals surface area contributed by atoms with Crippen LogP contribution in [0.1, 0.15) is 18.1 Å². The van der Waals surface area contributed by atoms with Gasteiger partial charge in [-0.1, -0.05) is 58.7 Å². The highest BCUT2D eigenvalue weighted by atomic mass is 79.9. The van der Waals surface area contributed by atoms with Gasteiger partial charge in [-0.05, 0) is 48.7 Å². The zero-order chi connectivity index (χ0) is 15.2. The molecule has 1 N–H and O–H groups in total. The Kier molecular flexibility index (Phi) is 6.22. The third-order valence-corrected chi connectivity index (χ3v) is 4.24. The largest absolute Gasteiger partial charge is 0.314 e. The summed E-state index contributed by atoms with van der Waals surface area (Å²) in [6.45, 7) is 2.89. The minimum atomic E-state index is -0.151. The minimum absolute atomic E-state index is 0.151. The number of rotatable bonds is 6. The normalized spacial score (nSPS) is 12.4. The van der Waals surface area contributed by atoms with Crippen LogP contribution in [0, 0.1) is 5.82 Å². The first-order valence-corrected chi connectivity index (χ1v) is 8.18. The molecule has 1 nitrogen and oxygen atoms in total. The summed E-state index contributed by atoms with van der Waals surface area (Å²) in [4.78, 5) is 0. The first kappa shape index (κ1) is 16.5. The van der Waals surface area contributed by atoms with Crippen LogP contribution in [0.4, 0.5) is 4.39 Å². The van der Waals surface area contributed by atoms with Crippen molar-refractivity contribution in [2.45, 2.75) is 25.8 Å². The zero-order valence-electron chi connectivity index (χ0n) is 11.9. The van der Waals surface area contributed by atoms with Crippen LogP contribution in [-0.4, -0.2) is 12.6 Å². The quantitative estimate of drug-likeness (QED) is 0.754. The number of benzene rings is 2. The molecule has 1 unspecified atom stereocenters. The Morgan fingerprint density at radius 2 is 1.86 bits per heavy atom. The van der Waals surface area contributed by atoms with Gasteiger partial charge in [-0.3, -0.25) is 0 Å². The average molecular weight is 371 g/mol. The lowest BCUT2D eigenvalue weighted by Gasteiger charge is -2.19. The van der Waals surface area contributed by atoms with E-state index in [1.165, 1.54) is 6.07 Å². The van der Waals surface area contributed by atoms with E-state index < -0.39 is 0 Å². The Morgan fingerprint density at radius 3 is 2.52 bits per heavy atom. The van der Waals surface area contributed by atoms with E-state index >= 15 is 0 Å². The second kappa shape index (κ2) is 7.92. The Balaban J connectivity index is 2.14. The molecular weight excluding hydrogens is 353 g/mol. The Hall–Kier alpha value is -0.900. The molecule has 0 saturated carbocycles. The maximum Gasteiger partial charge on any atom is 0.126 e. The molecule has 0 saturated heterocycles. The molecule has 0 aliphatic heterocycles. The molecule has 0 aliphatic carbocycles. The van der Waals surface area contributed by atoms with Gasteiger partial charge in [0.05, 0.1) is 0 Å². The van der Waals surface area contributed by atoms with E-state index in [9.17, 15) is 4.39 Å². The van der Waals surface area contributed by atoms with Gasteiger partial charge in [0.25, 0.3) is 0 Å². The molecule has 0 radical (unpaired) electrons. The van der Waals surface area contributed by atoms with Crippen molar-refractivity contribution >= 4 is 27.5 Å². The molecule has 112 valence electrons. The van der Waals surface area contributed by atoms with Gasteiger partial charge in [-0.2, -0.15) is 0 Å². The summed E-state index contributed by atoms with van der Waals surface area (Å²) in [5, 5.41) is 4.15. The van der Waals surface area contributed by atoms with Crippen LogP contribution < -0.4 is 5.32 Å². The van der Waals surface area contributed by atoms with Crippen molar-refractivity contribution in [2.24, 2.45) is 0 Å². The predicted molar refractivity (Wildman–Crippen MR) is 90.4 cm³/mol. The van der Waals surface area contributed by atoms with E-state index in [0.29, 0.717) is 6.42 Å². The zero-order valence-corrected chi connectivity index (χ0v) is 14.2. The van der Waals surface area contributed by atoms with Crippen LogP contribution in [-0.2, 0) is 12.8 Å². The van der Waals surface area contributed by atoms with E-state index in [1.807, 2.05) is 30.3 Å². The molecule has 0 aliphatic rings. The average Bonchev–Trinajstić information content (AvgIpc) is 2.44. The fraction of sp³-hybridized carbons (Fsp3) is 0.294. The number of nitrogens with one attached hydrogen (secondary N) is 1. The van der Waals surface area contributed by atoms with Gasteiger partial charge in [-0.15, -0.1) is 0 Å². The second-order valence-corrected chi connectivity index (χ2v) is 6.31. The molecule has 0 fully saturated rings. The maximum atomic E-state index is 13.8.